The van der Waals surface area contributed by atoms with Crippen molar-refractivity contribution >= 4 is 5.97 Å². The average Bonchev–Trinajstić information content (AvgIpc) is 2.30. The maximum Gasteiger partial charge on any atom is 0.328 e. The minimum atomic E-state index is -2.14. The smallest absolute Gasteiger partial charge is 0.328 e. The van der Waals surface area contributed by atoms with Gasteiger partial charge in [0.05, 0.1) is 13.2 Å². The van der Waals surface area contributed by atoms with Crippen LogP contribution in [0.2, 0.25) is 0 Å². The highest BCUT2D eigenvalue weighted by molar-refractivity contribution is 5.84. The molecule has 0 bridgehead atoms. The van der Waals surface area contributed by atoms with Gasteiger partial charge in [-0.05, 0) is 13.0 Å². The molecule has 1 aromatic rings. The van der Waals surface area contributed by atoms with E-state index in [0.29, 0.717) is 12.1 Å². The summed E-state index contributed by atoms with van der Waals surface area (Å²) in [4.78, 5) is 10.9. The number of nitriles is 1. The average molecular weight is 241 g/mol. The molecule has 0 aliphatic carbocycles. The van der Waals surface area contributed by atoms with E-state index in [2.05, 4.69) is 4.74 Å². The number of benzene rings is 1. The van der Waals surface area contributed by atoms with Gasteiger partial charge in [-0.2, -0.15) is 5.26 Å². The number of aliphatic carboxylic acids is 1. The van der Waals surface area contributed by atoms with Gasteiger partial charge in [0.1, 0.15) is 5.82 Å². The lowest BCUT2D eigenvalue weighted by Crippen LogP contribution is -2.31. The summed E-state index contributed by atoms with van der Waals surface area (Å²) in [6, 6.07) is 2.82. The molecular formula is C11H9F2NO3. The van der Waals surface area contributed by atoms with Crippen molar-refractivity contribution in [2.75, 3.05) is 7.11 Å². The van der Waals surface area contributed by atoms with Crippen LogP contribution in [-0.2, 0) is 10.2 Å². The molecule has 0 fully saturated rings. The molecule has 17 heavy (non-hydrogen) atoms. The Balaban J connectivity index is 3.48. The monoisotopic (exact) mass is 241 g/mol. The Morgan fingerprint density at radius 1 is 1.47 bits per heavy atom. The fourth-order valence-electron chi connectivity index (χ4n) is 1.29. The number of hydrogen-bond acceptors (Lipinski definition) is 3. The Bertz CT molecular complexity index is 510. The van der Waals surface area contributed by atoms with Gasteiger partial charge in [0.25, 0.3) is 0 Å². The van der Waals surface area contributed by atoms with Gasteiger partial charge < -0.3 is 9.84 Å². The van der Waals surface area contributed by atoms with Gasteiger partial charge in [0, 0.05) is 11.6 Å². The van der Waals surface area contributed by atoms with Crippen LogP contribution in [0.5, 0.6) is 5.75 Å². The topological polar surface area (TPSA) is 70.3 Å². The molecule has 0 spiro atoms. The quantitative estimate of drug-likeness (QED) is 0.876. The van der Waals surface area contributed by atoms with E-state index in [4.69, 9.17) is 10.4 Å². The maximum atomic E-state index is 13.6. The second kappa shape index (κ2) is 4.37. The summed E-state index contributed by atoms with van der Waals surface area (Å²) in [6.07, 6.45) is 0. The molecule has 4 nitrogen and oxygen atoms in total. The van der Waals surface area contributed by atoms with Gasteiger partial charge >= 0.3 is 5.97 Å². The van der Waals surface area contributed by atoms with Crippen LogP contribution in [0.4, 0.5) is 8.78 Å². The Hall–Kier alpha value is -2.16. The number of carboxylic acid groups (broad SMARTS) is 1. The summed E-state index contributed by atoms with van der Waals surface area (Å²) in [7, 11) is 1.15. The predicted molar refractivity (Wildman–Crippen MR) is 53.5 cm³/mol. The van der Waals surface area contributed by atoms with Crippen molar-refractivity contribution in [3.63, 3.8) is 0 Å². The molecule has 6 heteroatoms. The highest BCUT2D eigenvalue weighted by Crippen LogP contribution is 2.30. The zero-order valence-electron chi connectivity index (χ0n) is 9.12. The molecule has 0 aliphatic heterocycles. The van der Waals surface area contributed by atoms with Crippen molar-refractivity contribution in [3.8, 4) is 11.8 Å². The fourth-order valence-corrected chi connectivity index (χ4v) is 1.29. The Kier molecular flexibility index (Phi) is 3.32. The molecule has 1 rings (SSSR count). The second-order valence-corrected chi connectivity index (χ2v) is 3.51. The van der Waals surface area contributed by atoms with E-state index < -0.39 is 28.6 Å². The summed E-state index contributed by atoms with van der Waals surface area (Å²) in [5.41, 5.74) is -2.68. The summed E-state index contributed by atoms with van der Waals surface area (Å²) in [6.45, 7) is 1.000. The van der Waals surface area contributed by atoms with Crippen molar-refractivity contribution in [1.82, 2.24) is 0 Å². The van der Waals surface area contributed by atoms with Crippen LogP contribution >= 0.6 is 0 Å². The molecule has 0 heterocycles. The molecule has 0 saturated heterocycles. The van der Waals surface area contributed by atoms with Crippen molar-refractivity contribution in [2.45, 2.75) is 12.3 Å². The number of nitrogens with zero attached hydrogens (tertiary/aromatic N) is 1. The Morgan fingerprint density at radius 3 is 2.47 bits per heavy atom. The molecule has 90 valence electrons. The molecule has 1 aromatic carbocycles. The zero-order chi connectivity index (χ0) is 13.2. The summed E-state index contributed by atoms with van der Waals surface area (Å²) in [5.74, 6) is -3.83. The van der Waals surface area contributed by atoms with E-state index in [1.165, 1.54) is 6.07 Å². The summed E-state index contributed by atoms with van der Waals surface area (Å²) in [5, 5.41) is 17.7. The lowest BCUT2D eigenvalue weighted by Gasteiger charge is -2.18. The number of carbonyl (C=O) groups is 1. The van der Waals surface area contributed by atoms with E-state index in [9.17, 15) is 13.6 Å². The van der Waals surface area contributed by atoms with Crippen LogP contribution in [-0.4, -0.2) is 18.2 Å². The third kappa shape index (κ3) is 2.04. The first-order chi connectivity index (χ1) is 7.86. The van der Waals surface area contributed by atoms with Crippen molar-refractivity contribution in [2.24, 2.45) is 0 Å². The highest BCUT2D eigenvalue weighted by Gasteiger charge is 2.38. The zero-order valence-corrected chi connectivity index (χ0v) is 9.12. The van der Waals surface area contributed by atoms with Crippen LogP contribution < -0.4 is 4.74 Å². The van der Waals surface area contributed by atoms with Crippen LogP contribution in [0.25, 0.3) is 0 Å². The van der Waals surface area contributed by atoms with E-state index in [1.807, 2.05) is 0 Å². The van der Waals surface area contributed by atoms with Crippen LogP contribution in [0.15, 0.2) is 12.1 Å². The number of ether oxygens (including phenoxy) is 1. The SMILES string of the molecule is COc1cc(F)c(C(C)(C#N)C(=O)O)cc1F. The molecule has 1 N–H and O–H groups in total. The first kappa shape index (κ1) is 12.9. The van der Waals surface area contributed by atoms with Gasteiger partial charge in [-0.3, -0.25) is 4.79 Å². The number of hydrogen-bond donors (Lipinski definition) is 1. The van der Waals surface area contributed by atoms with Crippen molar-refractivity contribution in [3.05, 3.63) is 29.3 Å². The molecule has 1 atom stereocenters. The number of halogens is 2. The lowest BCUT2D eigenvalue weighted by atomic mass is 9.83. The molecular weight excluding hydrogens is 232 g/mol. The van der Waals surface area contributed by atoms with Gasteiger partial charge in [0.2, 0.25) is 0 Å². The number of rotatable bonds is 3. The molecule has 1 unspecified atom stereocenters. The van der Waals surface area contributed by atoms with Crippen molar-refractivity contribution in [1.29, 1.82) is 5.26 Å². The predicted octanol–water partition coefficient (Wildman–Crippen LogP) is 1.84. The molecule has 0 radical (unpaired) electrons. The fraction of sp³-hybridized carbons (Fsp3) is 0.273. The Morgan fingerprint density at radius 2 is 2.06 bits per heavy atom. The molecule has 0 amide bonds. The highest BCUT2D eigenvalue weighted by atomic mass is 19.1. The van der Waals surface area contributed by atoms with E-state index in [-0.39, 0.29) is 5.75 Å². The van der Waals surface area contributed by atoms with Crippen LogP contribution in [0.1, 0.15) is 12.5 Å². The minimum absolute atomic E-state index is 0.350. The molecule has 0 aliphatic rings. The largest absolute Gasteiger partial charge is 0.494 e. The maximum absolute atomic E-state index is 13.6. The van der Waals surface area contributed by atoms with Gasteiger partial charge in [-0.1, -0.05) is 0 Å². The van der Waals surface area contributed by atoms with E-state index in [1.54, 1.807) is 0 Å². The first-order valence-electron chi connectivity index (χ1n) is 4.55. The van der Waals surface area contributed by atoms with Gasteiger partial charge in [0.15, 0.2) is 17.0 Å². The Labute approximate surface area is 96.0 Å². The number of carboxylic acids is 1. The lowest BCUT2D eigenvalue weighted by molar-refractivity contribution is -0.141. The third-order valence-corrected chi connectivity index (χ3v) is 2.43. The van der Waals surface area contributed by atoms with Crippen LogP contribution in [0.3, 0.4) is 0 Å². The number of methoxy groups -OCH3 is 1. The summed E-state index contributed by atoms with van der Waals surface area (Å²) < 4.78 is 31.5. The van der Waals surface area contributed by atoms with Crippen LogP contribution in [0, 0.1) is 23.0 Å². The standard InChI is InChI=1S/C11H9F2NO3/c1-11(5-14,10(15)16)6-3-8(13)9(17-2)4-7(6)12/h3-4H,1-2H3,(H,15,16). The first-order valence-corrected chi connectivity index (χ1v) is 4.55. The normalized spacial score (nSPS) is 13.6. The van der Waals surface area contributed by atoms with Gasteiger partial charge in [-0.25, -0.2) is 8.78 Å². The third-order valence-electron chi connectivity index (χ3n) is 2.43. The summed E-state index contributed by atoms with van der Waals surface area (Å²) >= 11 is 0. The van der Waals surface area contributed by atoms with E-state index in [0.717, 1.165) is 14.0 Å². The van der Waals surface area contributed by atoms with E-state index >= 15 is 0 Å². The van der Waals surface area contributed by atoms with Crippen molar-refractivity contribution < 1.29 is 23.4 Å². The second-order valence-electron chi connectivity index (χ2n) is 3.51. The van der Waals surface area contributed by atoms with Gasteiger partial charge in [-0.15, -0.1) is 0 Å². The molecule has 0 aromatic heterocycles. The molecule has 0 saturated carbocycles. The minimum Gasteiger partial charge on any atom is -0.494 e.